The van der Waals surface area contributed by atoms with E-state index in [1.807, 2.05) is 79.1 Å². The maximum atomic E-state index is 13.2. The Balaban J connectivity index is 1.83. The summed E-state index contributed by atoms with van der Waals surface area (Å²) in [4.78, 5) is 26.7. The average Bonchev–Trinajstić information content (AvgIpc) is 3.11. The van der Waals surface area contributed by atoms with Crippen LogP contribution in [-0.2, 0) is 11.2 Å². The summed E-state index contributed by atoms with van der Waals surface area (Å²) in [6.07, 6.45) is 6.76. The molecule has 0 spiro atoms. The van der Waals surface area contributed by atoms with Gasteiger partial charge in [0.2, 0.25) is 11.7 Å². The molecule has 0 aliphatic rings. The van der Waals surface area contributed by atoms with Gasteiger partial charge in [-0.25, -0.2) is 0 Å². The summed E-state index contributed by atoms with van der Waals surface area (Å²) in [5.41, 5.74) is 4.51. The first-order chi connectivity index (χ1) is 14.0. The molecule has 4 heteroatoms. The number of aromatic nitrogens is 1. The molecule has 2 aromatic heterocycles. The average molecular weight is 389 g/mol. The number of ketones is 1. The summed E-state index contributed by atoms with van der Waals surface area (Å²) in [6, 6.07) is 15.7. The van der Waals surface area contributed by atoms with Crippen molar-refractivity contribution < 1.29 is 9.59 Å². The third-order valence-corrected chi connectivity index (χ3v) is 5.33. The van der Waals surface area contributed by atoms with Crippen LogP contribution in [0.5, 0.6) is 0 Å². The number of hydrogen-bond acceptors (Lipinski definition) is 2. The van der Waals surface area contributed by atoms with Crippen LogP contribution < -0.4 is 0 Å². The molecule has 1 amide bonds. The fraction of sp³-hybridized carbons (Fsp3) is 0.280. The fourth-order valence-electron chi connectivity index (χ4n) is 3.74. The van der Waals surface area contributed by atoms with Gasteiger partial charge in [-0.2, -0.15) is 0 Å². The Morgan fingerprint density at radius 2 is 1.83 bits per heavy atom. The van der Waals surface area contributed by atoms with Crippen LogP contribution in [0.25, 0.3) is 11.6 Å². The number of fused-ring (bicyclic) bond motifs is 1. The first-order valence-electron chi connectivity index (χ1n) is 10.1. The van der Waals surface area contributed by atoms with Gasteiger partial charge in [0.05, 0.1) is 5.69 Å². The Bertz CT molecular complexity index is 1040. The van der Waals surface area contributed by atoms with E-state index in [1.54, 1.807) is 11.8 Å². The van der Waals surface area contributed by atoms with E-state index in [4.69, 9.17) is 0 Å². The molecule has 1 unspecified atom stereocenters. The Morgan fingerprint density at radius 3 is 2.45 bits per heavy atom. The van der Waals surface area contributed by atoms with Gasteiger partial charge in [-0.05, 0) is 49.6 Å². The molecule has 4 nitrogen and oxygen atoms in total. The summed E-state index contributed by atoms with van der Waals surface area (Å²) in [6.45, 7) is 8.32. The zero-order valence-electron chi connectivity index (χ0n) is 17.6. The van der Waals surface area contributed by atoms with E-state index in [-0.39, 0.29) is 17.7 Å². The van der Waals surface area contributed by atoms with E-state index >= 15 is 0 Å². The second-order valence-electron chi connectivity index (χ2n) is 7.22. The molecule has 0 aliphatic heterocycles. The fourth-order valence-corrected chi connectivity index (χ4v) is 3.74. The first-order valence-corrected chi connectivity index (χ1v) is 10.1. The summed E-state index contributed by atoms with van der Waals surface area (Å²) in [5.74, 6) is 0.0995. The smallest absolute Gasteiger partial charge is 0.219 e. The third kappa shape index (κ3) is 4.32. The topological polar surface area (TPSA) is 41.8 Å². The molecule has 0 fully saturated rings. The highest BCUT2D eigenvalue weighted by Gasteiger charge is 2.18. The van der Waals surface area contributed by atoms with Crippen molar-refractivity contribution in [3.63, 3.8) is 0 Å². The Hall–Kier alpha value is -3.14. The van der Waals surface area contributed by atoms with Gasteiger partial charge in [0.15, 0.2) is 0 Å². The van der Waals surface area contributed by atoms with E-state index in [2.05, 4.69) is 13.0 Å². The van der Waals surface area contributed by atoms with Gasteiger partial charge in [0, 0.05) is 36.8 Å². The zero-order valence-corrected chi connectivity index (χ0v) is 17.6. The van der Waals surface area contributed by atoms with Gasteiger partial charge in [-0.3, -0.25) is 9.59 Å². The monoisotopic (exact) mass is 388 g/mol. The second kappa shape index (κ2) is 8.91. The molecule has 0 aliphatic carbocycles. The third-order valence-electron chi connectivity index (χ3n) is 5.33. The zero-order chi connectivity index (χ0) is 21.0. The van der Waals surface area contributed by atoms with Crippen molar-refractivity contribution in [3.05, 3.63) is 83.2 Å². The van der Waals surface area contributed by atoms with Crippen LogP contribution in [0.15, 0.2) is 60.8 Å². The van der Waals surface area contributed by atoms with Crippen LogP contribution in [0.2, 0.25) is 0 Å². The maximum absolute atomic E-state index is 13.2. The Labute approximate surface area is 172 Å². The number of pyridine rings is 1. The van der Waals surface area contributed by atoms with E-state index in [9.17, 15) is 9.59 Å². The van der Waals surface area contributed by atoms with Crippen molar-refractivity contribution in [1.29, 1.82) is 0 Å². The van der Waals surface area contributed by atoms with Crippen molar-refractivity contribution in [2.24, 2.45) is 0 Å². The van der Waals surface area contributed by atoms with E-state index in [0.29, 0.717) is 12.1 Å². The van der Waals surface area contributed by atoms with Crippen molar-refractivity contribution >= 4 is 23.3 Å². The number of likely N-dealkylation sites (N-methyl/N-ethyl adjacent to an activating group) is 1. The van der Waals surface area contributed by atoms with Crippen molar-refractivity contribution in [2.75, 3.05) is 6.54 Å². The molecule has 1 atom stereocenters. The van der Waals surface area contributed by atoms with Crippen molar-refractivity contribution in [3.8, 4) is 0 Å². The lowest BCUT2D eigenvalue weighted by molar-refractivity contribution is -0.129. The molecule has 0 bridgehead atoms. The standard InChI is InChI=1S/C25H28N2O2/c1-5-21-17-23-9-7-8-16-27(23)24(21)25(29)22-14-12-20(13-15-22)11-10-18(3)26(6-2)19(4)28/h7-18H,5-6H2,1-4H3/b11-10+. The molecule has 2 heterocycles. The predicted molar refractivity (Wildman–Crippen MR) is 118 cm³/mol. The number of benzene rings is 1. The molecule has 0 radical (unpaired) electrons. The highest BCUT2D eigenvalue weighted by atomic mass is 16.2. The molecule has 1 aromatic carbocycles. The first kappa shape index (κ1) is 20.6. The van der Waals surface area contributed by atoms with Crippen LogP contribution in [0, 0.1) is 0 Å². The summed E-state index contributed by atoms with van der Waals surface area (Å²) in [7, 11) is 0. The normalized spacial score (nSPS) is 12.4. The molecule has 29 heavy (non-hydrogen) atoms. The van der Waals surface area contributed by atoms with Gasteiger partial charge in [0.25, 0.3) is 0 Å². The lowest BCUT2D eigenvalue weighted by atomic mass is 10.0. The molecular weight excluding hydrogens is 360 g/mol. The highest BCUT2D eigenvalue weighted by molar-refractivity contribution is 6.09. The molecule has 150 valence electrons. The molecule has 0 saturated heterocycles. The number of hydrogen-bond donors (Lipinski definition) is 0. The Kier molecular flexibility index (Phi) is 6.32. The Morgan fingerprint density at radius 1 is 1.10 bits per heavy atom. The van der Waals surface area contributed by atoms with Crippen LogP contribution in [0.1, 0.15) is 54.9 Å². The quantitative estimate of drug-likeness (QED) is 0.534. The van der Waals surface area contributed by atoms with Gasteiger partial charge in [-0.1, -0.05) is 49.4 Å². The van der Waals surface area contributed by atoms with Gasteiger partial charge in [0.1, 0.15) is 0 Å². The predicted octanol–water partition coefficient (Wildman–Crippen LogP) is 5.00. The molecule has 0 saturated carbocycles. The summed E-state index contributed by atoms with van der Waals surface area (Å²) < 4.78 is 1.97. The minimum Gasteiger partial charge on any atom is -0.337 e. The number of aryl methyl sites for hydroxylation is 1. The number of amides is 1. The maximum Gasteiger partial charge on any atom is 0.219 e. The van der Waals surface area contributed by atoms with Crippen LogP contribution in [0.3, 0.4) is 0 Å². The molecule has 0 N–H and O–H groups in total. The van der Waals surface area contributed by atoms with E-state index in [0.717, 1.165) is 28.8 Å². The number of carbonyl (C=O) groups is 2. The largest absolute Gasteiger partial charge is 0.337 e. The van der Waals surface area contributed by atoms with Gasteiger partial charge < -0.3 is 9.30 Å². The number of nitrogens with zero attached hydrogens (tertiary/aromatic N) is 2. The molecule has 3 rings (SSSR count). The summed E-state index contributed by atoms with van der Waals surface area (Å²) in [5, 5.41) is 0. The lowest BCUT2D eigenvalue weighted by Gasteiger charge is -2.24. The van der Waals surface area contributed by atoms with Gasteiger partial charge in [-0.15, -0.1) is 0 Å². The molecule has 3 aromatic rings. The molecular formula is C25H28N2O2. The number of carbonyl (C=O) groups excluding carboxylic acids is 2. The minimum atomic E-state index is 0.0259. The highest BCUT2D eigenvalue weighted by Crippen LogP contribution is 2.21. The van der Waals surface area contributed by atoms with Crippen molar-refractivity contribution in [1.82, 2.24) is 9.30 Å². The SMILES string of the molecule is CCc1cc2ccccn2c1C(=O)c1ccc(/C=C/C(C)N(CC)C(C)=O)cc1. The van der Waals surface area contributed by atoms with E-state index in [1.165, 1.54) is 0 Å². The lowest BCUT2D eigenvalue weighted by Crippen LogP contribution is -2.35. The van der Waals surface area contributed by atoms with Crippen LogP contribution in [-0.4, -0.2) is 33.6 Å². The second-order valence-corrected chi connectivity index (χ2v) is 7.22. The minimum absolute atomic E-state index is 0.0259. The van der Waals surface area contributed by atoms with Crippen LogP contribution >= 0.6 is 0 Å². The van der Waals surface area contributed by atoms with Crippen molar-refractivity contribution in [2.45, 2.75) is 40.2 Å². The van der Waals surface area contributed by atoms with Gasteiger partial charge >= 0.3 is 0 Å². The number of rotatable bonds is 7. The summed E-state index contributed by atoms with van der Waals surface area (Å²) >= 11 is 0. The van der Waals surface area contributed by atoms with Crippen LogP contribution in [0.4, 0.5) is 0 Å². The van der Waals surface area contributed by atoms with E-state index < -0.39 is 0 Å².